The van der Waals surface area contributed by atoms with E-state index in [0.717, 1.165) is 17.0 Å². The van der Waals surface area contributed by atoms with Gasteiger partial charge >= 0.3 is 0 Å². The first-order valence-electron chi connectivity index (χ1n) is 8.30. The van der Waals surface area contributed by atoms with Crippen molar-refractivity contribution in [3.8, 4) is 0 Å². The number of hydrogen-bond donors (Lipinski definition) is 3. The van der Waals surface area contributed by atoms with Crippen molar-refractivity contribution >= 4 is 28.9 Å². The third-order valence-corrected chi connectivity index (χ3v) is 3.91. The summed E-state index contributed by atoms with van der Waals surface area (Å²) in [6.07, 6.45) is 4.89. The lowest BCUT2D eigenvalue weighted by atomic mass is 10.0. The van der Waals surface area contributed by atoms with E-state index in [1.165, 1.54) is 18.3 Å². The van der Waals surface area contributed by atoms with E-state index < -0.39 is 0 Å². The molecule has 0 saturated carbocycles. The van der Waals surface area contributed by atoms with Crippen molar-refractivity contribution in [2.45, 2.75) is 26.3 Å². The Bertz CT molecular complexity index is 978. The first kappa shape index (κ1) is 17.7. The van der Waals surface area contributed by atoms with Gasteiger partial charge in [-0.1, -0.05) is 0 Å². The van der Waals surface area contributed by atoms with Gasteiger partial charge in [-0.2, -0.15) is 0 Å². The lowest BCUT2D eigenvalue weighted by molar-refractivity contribution is 0.627. The van der Waals surface area contributed by atoms with Crippen molar-refractivity contribution in [1.29, 1.82) is 5.41 Å². The smallest absolute Gasteiger partial charge is 0.138 e. The Kier molecular flexibility index (Phi) is 4.50. The maximum absolute atomic E-state index is 13.2. The SMILES string of the molecule is CC(C)(C)Nc1cnc2ccc(C(C=N)=C(N)c3ccc(F)cc3)cn12. The number of pyridine rings is 1. The summed E-state index contributed by atoms with van der Waals surface area (Å²) >= 11 is 0. The van der Waals surface area contributed by atoms with Crippen LogP contribution >= 0.6 is 0 Å². The molecule has 0 aliphatic carbocycles. The molecule has 0 atom stereocenters. The third kappa shape index (κ3) is 3.59. The van der Waals surface area contributed by atoms with Gasteiger partial charge in [0.1, 0.15) is 17.3 Å². The molecule has 2 aromatic heterocycles. The van der Waals surface area contributed by atoms with Crippen LogP contribution in [0.4, 0.5) is 10.2 Å². The molecule has 0 unspecified atom stereocenters. The molecule has 0 amide bonds. The fourth-order valence-corrected chi connectivity index (χ4v) is 2.72. The summed E-state index contributed by atoms with van der Waals surface area (Å²) in [7, 11) is 0. The average Bonchev–Trinajstić information content (AvgIpc) is 2.97. The van der Waals surface area contributed by atoms with Crippen molar-refractivity contribution in [2.75, 3.05) is 5.32 Å². The minimum Gasteiger partial charge on any atom is -0.398 e. The van der Waals surface area contributed by atoms with Gasteiger partial charge in [-0.15, -0.1) is 0 Å². The number of nitrogens with one attached hydrogen (secondary N) is 2. The first-order chi connectivity index (χ1) is 12.3. The minimum atomic E-state index is -0.323. The minimum absolute atomic E-state index is 0.112. The molecule has 0 fully saturated rings. The number of fused-ring (bicyclic) bond motifs is 1. The number of benzene rings is 1. The number of nitrogens with two attached hydrogens (primary N) is 1. The van der Waals surface area contributed by atoms with E-state index in [-0.39, 0.29) is 11.4 Å². The third-order valence-electron chi connectivity index (χ3n) is 3.91. The van der Waals surface area contributed by atoms with Crippen LogP contribution in [0.5, 0.6) is 0 Å². The molecule has 0 spiro atoms. The number of allylic oxidation sites excluding steroid dienone is 1. The predicted molar refractivity (Wildman–Crippen MR) is 105 cm³/mol. The van der Waals surface area contributed by atoms with Gasteiger partial charge in [0.05, 0.1) is 6.20 Å². The number of rotatable bonds is 4. The second kappa shape index (κ2) is 6.63. The maximum Gasteiger partial charge on any atom is 0.138 e. The summed E-state index contributed by atoms with van der Waals surface area (Å²) in [5.41, 5.74) is 9.38. The normalized spacial score (nSPS) is 12.8. The molecule has 0 bridgehead atoms. The highest BCUT2D eigenvalue weighted by molar-refractivity contribution is 6.17. The Morgan fingerprint density at radius 3 is 2.42 bits per heavy atom. The molecule has 3 rings (SSSR count). The van der Waals surface area contributed by atoms with Crippen molar-refractivity contribution in [1.82, 2.24) is 9.38 Å². The molecule has 4 N–H and O–H groups in total. The molecule has 0 aliphatic rings. The molecular formula is C20H22FN5. The number of hydrogen-bond acceptors (Lipinski definition) is 4. The van der Waals surface area contributed by atoms with Crippen LogP contribution in [0.15, 0.2) is 48.8 Å². The molecule has 5 nitrogen and oxygen atoms in total. The van der Waals surface area contributed by atoms with E-state index in [2.05, 4.69) is 31.1 Å². The summed E-state index contributed by atoms with van der Waals surface area (Å²) in [5.74, 6) is 0.537. The fraction of sp³-hybridized carbons (Fsp3) is 0.200. The van der Waals surface area contributed by atoms with E-state index in [0.29, 0.717) is 16.8 Å². The maximum atomic E-state index is 13.2. The molecular weight excluding hydrogens is 329 g/mol. The Labute approximate surface area is 151 Å². The quantitative estimate of drug-likeness (QED) is 0.618. The van der Waals surface area contributed by atoms with Gasteiger partial charge in [0.15, 0.2) is 0 Å². The number of halogens is 1. The first-order valence-corrected chi connectivity index (χ1v) is 8.30. The molecule has 26 heavy (non-hydrogen) atoms. The fourth-order valence-electron chi connectivity index (χ4n) is 2.72. The van der Waals surface area contributed by atoms with Crippen LogP contribution in [-0.2, 0) is 0 Å². The van der Waals surface area contributed by atoms with E-state index in [1.54, 1.807) is 18.3 Å². The summed E-state index contributed by atoms with van der Waals surface area (Å²) < 4.78 is 15.1. The Balaban J connectivity index is 2.10. The van der Waals surface area contributed by atoms with Gasteiger partial charge in [-0.3, -0.25) is 4.40 Å². The highest BCUT2D eigenvalue weighted by Crippen LogP contribution is 2.24. The van der Waals surface area contributed by atoms with Gasteiger partial charge in [-0.25, -0.2) is 9.37 Å². The van der Waals surface area contributed by atoms with Crippen molar-refractivity contribution < 1.29 is 4.39 Å². The van der Waals surface area contributed by atoms with Gasteiger partial charge < -0.3 is 16.5 Å². The predicted octanol–water partition coefficient (Wildman–Crippen LogP) is 4.16. The molecule has 0 aliphatic heterocycles. The zero-order chi connectivity index (χ0) is 18.9. The van der Waals surface area contributed by atoms with Crippen LogP contribution in [-0.4, -0.2) is 21.1 Å². The van der Waals surface area contributed by atoms with Crippen molar-refractivity contribution in [3.05, 3.63) is 65.7 Å². The number of nitrogens with zero attached hydrogens (tertiary/aromatic N) is 2. The van der Waals surface area contributed by atoms with Crippen LogP contribution in [0, 0.1) is 11.2 Å². The van der Waals surface area contributed by atoms with Gasteiger partial charge in [0.25, 0.3) is 0 Å². The zero-order valence-corrected chi connectivity index (χ0v) is 15.0. The molecule has 1 aromatic carbocycles. The summed E-state index contributed by atoms with van der Waals surface area (Å²) in [6, 6.07) is 9.68. The number of imidazole rings is 1. The van der Waals surface area contributed by atoms with Crippen LogP contribution in [0.2, 0.25) is 0 Å². The molecule has 2 heterocycles. The molecule has 134 valence electrons. The lowest BCUT2D eigenvalue weighted by Gasteiger charge is -2.21. The lowest BCUT2D eigenvalue weighted by Crippen LogP contribution is -2.26. The second-order valence-electron chi connectivity index (χ2n) is 7.14. The highest BCUT2D eigenvalue weighted by atomic mass is 19.1. The number of anilines is 1. The van der Waals surface area contributed by atoms with Crippen LogP contribution in [0.25, 0.3) is 16.9 Å². The van der Waals surface area contributed by atoms with Crippen molar-refractivity contribution in [2.24, 2.45) is 5.73 Å². The van der Waals surface area contributed by atoms with Gasteiger partial charge in [0, 0.05) is 34.8 Å². The van der Waals surface area contributed by atoms with Gasteiger partial charge in [0.2, 0.25) is 0 Å². The van der Waals surface area contributed by atoms with Crippen molar-refractivity contribution in [3.63, 3.8) is 0 Å². The second-order valence-corrected chi connectivity index (χ2v) is 7.14. The van der Waals surface area contributed by atoms with E-state index in [4.69, 9.17) is 11.1 Å². The average molecular weight is 351 g/mol. The largest absolute Gasteiger partial charge is 0.398 e. The zero-order valence-electron chi connectivity index (χ0n) is 15.0. The summed E-state index contributed by atoms with van der Waals surface area (Å²) in [6.45, 7) is 6.23. The monoisotopic (exact) mass is 351 g/mol. The Morgan fingerprint density at radius 1 is 1.15 bits per heavy atom. The van der Waals surface area contributed by atoms with Crippen LogP contribution in [0.3, 0.4) is 0 Å². The van der Waals surface area contributed by atoms with E-state index in [1.807, 2.05) is 22.7 Å². The Morgan fingerprint density at radius 2 is 1.81 bits per heavy atom. The molecule has 0 saturated heterocycles. The Hall–Kier alpha value is -3.15. The molecule has 6 heteroatoms. The summed E-state index contributed by atoms with van der Waals surface area (Å²) in [4.78, 5) is 4.40. The molecule has 3 aromatic rings. The number of aromatic nitrogens is 2. The van der Waals surface area contributed by atoms with Crippen LogP contribution < -0.4 is 11.1 Å². The van der Waals surface area contributed by atoms with Crippen LogP contribution in [0.1, 0.15) is 31.9 Å². The topological polar surface area (TPSA) is 79.2 Å². The standard InChI is InChI=1S/C20H22FN5/c1-20(2,3)25-18-11-24-17-9-6-14(12-26(17)18)16(10-22)19(23)13-4-7-15(21)8-5-13/h4-12,22,25H,23H2,1-3H3. The highest BCUT2D eigenvalue weighted by Gasteiger charge is 2.14. The summed E-state index contributed by atoms with van der Waals surface area (Å²) in [5, 5.41) is 11.2. The van der Waals surface area contributed by atoms with Gasteiger partial charge in [-0.05, 0) is 62.7 Å². The molecule has 0 radical (unpaired) electrons. The van der Waals surface area contributed by atoms with E-state index >= 15 is 0 Å². The van der Waals surface area contributed by atoms with E-state index in [9.17, 15) is 4.39 Å².